The molecule has 24 heavy (non-hydrogen) atoms. The quantitative estimate of drug-likeness (QED) is 0.808. The van der Waals surface area contributed by atoms with Gasteiger partial charge in [-0.25, -0.2) is 0 Å². The van der Waals surface area contributed by atoms with E-state index in [1.807, 2.05) is 30.3 Å². The summed E-state index contributed by atoms with van der Waals surface area (Å²) in [5, 5.41) is 0. The number of nitrogens with zero attached hydrogens (tertiary/aromatic N) is 3. The lowest BCUT2D eigenvalue weighted by Crippen LogP contribution is -2.52. The van der Waals surface area contributed by atoms with Gasteiger partial charge in [0.1, 0.15) is 0 Å². The first-order valence-electron chi connectivity index (χ1n) is 8.11. The smallest absolute Gasteiger partial charge is 0.279 e. The van der Waals surface area contributed by atoms with Crippen LogP contribution >= 0.6 is 0 Å². The Morgan fingerprint density at radius 2 is 1.75 bits per heavy atom. The molecule has 1 aromatic rings. The van der Waals surface area contributed by atoms with Crippen LogP contribution in [0.1, 0.15) is 13.8 Å². The van der Waals surface area contributed by atoms with E-state index >= 15 is 0 Å². The Morgan fingerprint density at radius 1 is 1.17 bits per heavy atom. The van der Waals surface area contributed by atoms with Gasteiger partial charge in [0, 0.05) is 45.0 Å². The second kappa shape index (κ2) is 7.96. The Kier molecular flexibility index (Phi) is 6.20. The van der Waals surface area contributed by atoms with Crippen molar-refractivity contribution in [3.63, 3.8) is 0 Å². The fourth-order valence-electron chi connectivity index (χ4n) is 2.50. The van der Waals surface area contributed by atoms with E-state index in [4.69, 9.17) is 0 Å². The van der Waals surface area contributed by atoms with Gasteiger partial charge < -0.3 is 9.80 Å². The summed E-state index contributed by atoms with van der Waals surface area (Å²) in [6.07, 6.45) is 0. The summed E-state index contributed by atoms with van der Waals surface area (Å²) in [6.45, 7) is 6.03. The number of carbonyl (C=O) groups is 1. The van der Waals surface area contributed by atoms with Crippen molar-refractivity contribution in [3.05, 3.63) is 30.3 Å². The number of carbonyl (C=O) groups excluding carboxylic acids is 1. The molecule has 1 aliphatic rings. The van der Waals surface area contributed by atoms with E-state index in [9.17, 15) is 13.2 Å². The van der Waals surface area contributed by atoms with Crippen LogP contribution in [0.2, 0.25) is 0 Å². The number of hydrogen-bond donors (Lipinski definition) is 1. The van der Waals surface area contributed by atoms with E-state index in [-0.39, 0.29) is 18.5 Å². The van der Waals surface area contributed by atoms with Crippen molar-refractivity contribution in [1.82, 2.24) is 13.9 Å². The van der Waals surface area contributed by atoms with E-state index in [2.05, 4.69) is 9.62 Å². The Bertz CT molecular complexity index is 641. The SMILES string of the molecule is CC(C)N(C)S(=O)(=O)NCC(=O)N1CCN(c2ccccc2)CC1. The minimum Gasteiger partial charge on any atom is -0.368 e. The van der Waals surface area contributed by atoms with Crippen LogP contribution in [-0.2, 0) is 15.0 Å². The third kappa shape index (κ3) is 4.68. The number of nitrogens with one attached hydrogen (secondary N) is 1. The van der Waals surface area contributed by atoms with Crippen LogP contribution in [0.4, 0.5) is 5.69 Å². The first-order valence-corrected chi connectivity index (χ1v) is 9.55. The lowest BCUT2D eigenvalue weighted by molar-refractivity contribution is -0.130. The summed E-state index contributed by atoms with van der Waals surface area (Å²) < 4.78 is 27.7. The fraction of sp³-hybridized carbons (Fsp3) is 0.562. The van der Waals surface area contributed by atoms with Crippen molar-refractivity contribution in [2.75, 3.05) is 44.7 Å². The lowest BCUT2D eigenvalue weighted by atomic mass is 10.2. The zero-order valence-electron chi connectivity index (χ0n) is 14.5. The summed E-state index contributed by atoms with van der Waals surface area (Å²) >= 11 is 0. The molecule has 1 aliphatic heterocycles. The zero-order valence-corrected chi connectivity index (χ0v) is 15.3. The van der Waals surface area contributed by atoms with E-state index in [0.29, 0.717) is 13.1 Å². The van der Waals surface area contributed by atoms with Gasteiger partial charge in [-0.05, 0) is 26.0 Å². The second-order valence-corrected chi connectivity index (χ2v) is 7.95. The predicted molar refractivity (Wildman–Crippen MR) is 95.1 cm³/mol. The number of amides is 1. The normalized spacial score (nSPS) is 16.0. The zero-order chi connectivity index (χ0) is 17.7. The Labute approximate surface area is 144 Å². The molecule has 0 atom stereocenters. The molecule has 0 aromatic heterocycles. The highest BCUT2D eigenvalue weighted by Gasteiger charge is 2.25. The molecule has 1 heterocycles. The molecule has 1 amide bonds. The van der Waals surface area contributed by atoms with Crippen LogP contribution in [0.3, 0.4) is 0 Å². The monoisotopic (exact) mass is 354 g/mol. The minimum atomic E-state index is -3.62. The Morgan fingerprint density at radius 3 is 2.29 bits per heavy atom. The Hall–Kier alpha value is -1.64. The molecule has 1 N–H and O–H groups in total. The number of rotatable bonds is 6. The first kappa shape index (κ1) is 18.7. The highest BCUT2D eigenvalue weighted by Crippen LogP contribution is 2.15. The average molecular weight is 354 g/mol. The molecule has 0 spiro atoms. The summed E-state index contributed by atoms with van der Waals surface area (Å²) in [7, 11) is -2.13. The average Bonchev–Trinajstić information content (AvgIpc) is 2.60. The maximum Gasteiger partial charge on any atom is 0.279 e. The molecule has 8 heteroatoms. The molecule has 1 fully saturated rings. The maximum absolute atomic E-state index is 12.2. The molecule has 1 saturated heterocycles. The van der Waals surface area contributed by atoms with Crippen LogP contribution in [0.15, 0.2) is 30.3 Å². The van der Waals surface area contributed by atoms with Gasteiger partial charge in [0.25, 0.3) is 10.2 Å². The molecular weight excluding hydrogens is 328 g/mol. The molecule has 7 nitrogen and oxygen atoms in total. The van der Waals surface area contributed by atoms with Gasteiger partial charge in [0.15, 0.2) is 0 Å². The molecule has 0 unspecified atom stereocenters. The van der Waals surface area contributed by atoms with E-state index in [1.165, 1.54) is 11.4 Å². The predicted octanol–water partition coefficient (Wildman–Crippen LogP) is 0.510. The lowest BCUT2D eigenvalue weighted by Gasteiger charge is -2.36. The van der Waals surface area contributed by atoms with Gasteiger partial charge in [0.2, 0.25) is 5.91 Å². The van der Waals surface area contributed by atoms with Gasteiger partial charge in [-0.1, -0.05) is 18.2 Å². The number of hydrogen-bond acceptors (Lipinski definition) is 4. The number of piperazine rings is 1. The standard InChI is InChI=1S/C16H26N4O3S/c1-14(2)18(3)24(22,23)17-13-16(21)20-11-9-19(10-12-20)15-7-5-4-6-8-15/h4-8,14,17H,9-13H2,1-3H3. The molecule has 2 rings (SSSR count). The third-order valence-corrected chi connectivity index (χ3v) is 5.95. The van der Waals surface area contributed by atoms with Crippen molar-refractivity contribution in [2.45, 2.75) is 19.9 Å². The second-order valence-electron chi connectivity index (χ2n) is 6.14. The van der Waals surface area contributed by atoms with Crippen LogP contribution in [-0.4, -0.2) is 69.3 Å². The maximum atomic E-state index is 12.2. The van der Waals surface area contributed by atoms with Gasteiger partial charge in [-0.15, -0.1) is 0 Å². The van der Waals surface area contributed by atoms with Gasteiger partial charge in [0.05, 0.1) is 6.54 Å². The fourth-order valence-corrected chi connectivity index (χ4v) is 3.56. The van der Waals surface area contributed by atoms with Gasteiger partial charge in [-0.3, -0.25) is 4.79 Å². The highest BCUT2D eigenvalue weighted by molar-refractivity contribution is 7.87. The van der Waals surface area contributed by atoms with Gasteiger partial charge in [-0.2, -0.15) is 17.4 Å². The first-order chi connectivity index (χ1) is 11.3. The van der Waals surface area contributed by atoms with Crippen molar-refractivity contribution in [3.8, 4) is 0 Å². The molecule has 134 valence electrons. The highest BCUT2D eigenvalue weighted by atomic mass is 32.2. The molecule has 1 aromatic carbocycles. The molecule has 0 saturated carbocycles. The minimum absolute atomic E-state index is 0.160. The summed E-state index contributed by atoms with van der Waals surface area (Å²) in [4.78, 5) is 16.2. The third-order valence-electron chi connectivity index (χ3n) is 4.27. The summed E-state index contributed by atoms with van der Waals surface area (Å²) in [5.74, 6) is -0.191. The number of para-hydroxylation sites is 1. The Balaban J connectivity index is 1.83. The van der Waals surface area contributed by atoms with Gasteiger partial charge >= 0.3 is 0 Å². The van der Waals surface area contributed by atoms with Crippen LogP contribution in [0.5, 0.6) is 0 Å². The molecule has 0 aliphatic carbocycles. The molecule has 0 radical (unpaired) electrons. The van der Waals surface area contributed by atoms with Crippen molar-refractivity contribution < 1.29 is 13.2 Å². The van der Waals surface area contributed by atoms with E-state index in [1.54, 1.807) is 18.7 Å². The van der Waals surface area contributed by atoms with Crippen molar-refractivity contribution >= 4 is 21.8 Å². The molecule has 0 bridgehead atoms. The summed E-state index contributed by atoms with van der Waals surface area (Å²) in [6, 6.07) is 9.90. The largest absolute Gasteiger partial charge is 0.368 e. The van der Waals surface area contributed by atoms with E-state index in [0.717, 1.165) is 18.8 Å². The number of anilines is 1. The van der Waals surface area contributed by atoms with E-state index < -0.39 is 10.2 Å². The number of benzene rings is 1. The summed E-state index contributed by atoms with van der Waals surface area (Å²) in [5.41, 5.74) is 1.14. The van der Waals surface area contributed by atoms with Crippen LogP contribution < -0.4 is 9.62 Å². The molecular formula is C16H26N4O3S. The van der Waals surface area contributed by atoms with Crippen molar-refractivity contribution in [2.24, 2.45) is 0 Å². The van der Waals surface area contributed by atoms with Crippen LogP contribution in [0.25, 0.3) is 0 Å². The van der Waals surface area contributed by atoms with Crippen molar-refractivity contribution in [1.29, 1.82) is 0 Å². The topological polar surface area (TPSA) is 73.0 Å². The van der Waals surface area contributed by atoms with Crippen LogP contribution in [0, 0.1) is 0 Å².